The average Bonchev–Trinajstić information content (AvgIpc) is 2.85. The summed E-state index contributed by atoms with van der Waals surface area (Å²) < 4.78 is 9.67. The molecule has 0 saturated heterocycles. The smallest absolute Gasteiger partial charge is 0.338 e. The Morgan fingerprint density at radius 3 is 2.57 bits per heavy atom. The number of nitrogens with one attached hydrogen (secondary N) is 1. The van der Waals surface area contributed by atoms with Crippen molar-refractivity contribution in [2.75, 3.05) is 11.9 Å². The number of carbonyl (C=O) groups excluding carboxylic acids is 2. The van der Waals surface area contributed by atoms with Crippen LogP contribution in [0.5, 0.6) is 0 Å². The fourth-order valence-corrected chi connectivity index (χ4v) is 1.67. The minimum absolute atomic E-state index is 0.0248. The van der Waals surface area contributed by atoms with Crippen molar-refractivity contribution < 1.29 is 18.8 Å². The van der Waals surface area contributed by atoms with Crippen molar-refractivity contribution in [2.45, 2.75) is 20.3 Å². The first kappa shape index (κ1) is 14.7. The van der Waals surface area contributed by atoms with E-state index < -0.39 is 5.97 Å². The van der Waals surface area contributed by atoms with Gasteiger partial charge in [-0.3, -0.25) is 4.79 Å². The number of rotatable bonds is 5. The van der Waals surface area contributed by atoms with Crippen LogP contribution in [0.3, 0.4) is 0 Å². The van der Waals surface area contributed by atoms with Gasteiger partial charge in [0, 0.05) is 12.6 Å². The molecule has 1 heterocycles. The van der Waals surface area contributed by atoms with Crippen LogP contribution in [0.2, 0.25) is 0 Å². The lowest BCUT2D eigenvalue weighted by atomic mass is 10.2. The van der Waals surface area contributed by atoms with E-state index in [0.29, 0.717) is 29.6 Å². The van der Waals surface area contributed by atoms with Gasteiger partial charge in [-0.15, -0.1) is 0 Å². The molecule has 7 heteroatoms. The van der Waals surface area contributed by atoms with Gasteiger partial charge in [0.1, 0.15) is 0 Å². The summed E-state index contributed by atoms with van der Waals surface area (Å²) in [5, 5.41) is 6.33. The lowest BCUT2D eigenvalue weighted by molar-refractivity contribution is -0.115. The molecular formula is C14H15N3O4. The van der Waals surface area contributed by atoms with E-state index in [1.54, 1.807) is 38.1 Å². The summed E-state index contributed by atoms with van der Waals surface area (Å²) in [4.78, 5) is 27.2. The summed E-state index contributed by atoms with van der Waals surface area (Å²) in [6, 6.07) is 6.44. The Morgan fingerprint density at radius 2 is 2.00 bits per heavy atom. The molecule has 1 N–H and O–H groups in total. The number of hydrogen-bond acceptors (Lipinski definition) is 6. The van der Waals surface area contributed by atoms with Gasteiger partial charge >= 0.3 is 5.97 Å². The van der Waals surface area contributed by atoms with E-state index in [-0.39, 0.29) is 12.3 Å². The zero-order valence-electron chi connectivity index (χ0n) is 11.8. The van der Waals surface area contributed by atoms with Gasteiger partial charge in [0.2, 0.25) is 11.8 Å². The van der Waals surface area contributed by atoms with E-state index in [4.69, 9.17) is 9.26 Å². The van der Waals surface area contributed by atoms with Gasteiger partial charge < -0.3 is 14.6 Å². The maximum absolute atomic E-state index is 11.8. The lowest BCUT2D eigenvalue weighted by Crippen LogP contribution is -2.15. The molecule has 110 valence electrons. The first-order chi connectivity index (χ1) is 10.1. The molecule has 0 bridgehead atoms. The molecule has 0 aliphatic heterocycles. The molecule has 21 heavy (non-hydrogen) atoms. The van der Waals surface area contributed by atoms with Crippen LogP contribution < -0.4 is 5.32 Å². The van der Waals surface area contributed by atoms with E-state index in [0.717, 1.165) is 0 Å². The second-order valence-corrected chi connectivity index (χ2v) is 4.25. The van der Waals surface area contributed by atoms with Gasteiger partial charge in [-0.05, 0) is 31.2 Å². The molecule has 0 aliphatic carbocycles. The molecule has 1 amide bonds. The summed E-state index contributed by atoms with van der Waals surface area (Å²) in [6.45, 7) is 3.72. The van der Waals surface area contributed by atoms with Crippen molar-refractivity contribution in [2.24, 2.45) is 0 Å². The second-order valence-electron chi connectivity index (χ2n) is 4.25. The van der Waals surface area contributed by atoms with Crippen LogP contribution in [-0.2, 0) is 16.0 Å². The predicted molar refractivity (Wildman–Crippen MR) is 73.8 cm³/mol. The Kier molecular flexibility index (Phi) is 4.65. The Morgan fingerprint density at radius 1 is 1.29 bits per heavy atom. The lowest BCUT2D eigenvalue weighted by Gasteiger charge is -2.05. The average molecular weight is 289 g/mol. The van der Waals surface area contributed by atoms with Crippen LogP contribution in [0, 0.1) is 6.92 Å². The molecule has 1 aromatic carbocycles. The number of aromatic nitrogens is 2. The Labute approximate surface area is 121 Å². The first-order valence-corrected chi connectivity index (χ1v) is 6.44. The Balaban J connectivity index is 1.93. The van der Waals surface area contributed by atoms with Crippen molar-refractivity contribution in [3.63, 3.8) is 0 Å². The number of amides is 1. The van der Waals surface area contributed by atoms with E-state index in [2.05, 4.69) is 15.5 Å². The van der Waals surface area contributed by atoms with Crippen LogP contribution in [0.15, 0.2) is 28.8 Å². The number of aryl methyl sites for hydroxylation is 1. The third-order valence-corrected chi connectivity index (χ3v) is 2.57. The molecule has 2 aromatic rings. The van der Waals surface area contributed by atoms with Gasteiger partial charge in [0.15, 0.2) is 5.82 Å². The molecule has 0 atom stereocenters. The quantitative estimate of drug-likeness (QED) is 0.842. The molecule has 0 fully saturated rings. The maximum Gasteiger partial charge on any atom is 0.338 e. The minimum atomic E-state index is -0.391. The van der Waals surface area contributed by atoms with Crippen LogP contribution in [0.1, 0.15) is 29.0 Å². The highest BCUT2D eigenvalue weighted by Gasteiger charge is 2.10. The number of benzene rings is 1. The van der Waals surface area contributed by atoms with E-state index >= 15 is 0 Å². The van der Waals surface area contributed by atoms with E-state index in [1.807, 2.05) is 0 Å². The third kappa shape index (κ3) is 4.13. The summed E-state index contributed by atoms with van der Waals surface area (Å²) >= 11 is 0. The van der Waals surface area contributed by atoms with Gasteiger partial charge in [-0.25, -0.2) is 4.79 Å². The van der Waals surface area contributed by atoms with Crippen molar-refractivity contribution in [1.82, 2.24) is 10.1 Å². The molecule has 0 unspecified atom stereocenters. The number of anilines is 1. The van der Waals surface area contributed by atoms with Gasteiger partial charge in [0.25, 0.3) is 0 Å². The summed E-state index contributed by atoms with van der Waals surface area (Å²) in [7, 11) is 0. The first-order valence-electron chi connectivity index (χ1n) is 6.44. The number of hydrogen-bond donors (Lipinski definition) is 1. The monoisotopic (exact) mass is 289 g/mol. The Bertz CT molecular complexity index is 634. The molecule has 0 radical (unpaired) electrons. The van der Waals surface area contributed by atoms with Crippen molar-refractivity contribution in [3.8, 4) is 0 Å². The van der Waals surface area contributed by atoms with Gasteiger partial charge in [-0.2, -0.15) is 4.98 Å². The summed E-state index contributed by atoms with van der Waals surface area (Å²) in [5.41, 5.74) is 1.01. The number of ether oxygens (including phenoxy) is 1. The van der Waals surface area contributed by atoms with Gasteiger partial charge in [-0.1, -0.05) is 5.16 Å². The second kappa shape index (κ2) is 6.65. The fourth-order valence-electron chi connectivity index (χ4n) is 1.67. The normalized spacial score (nSPS) is 10.2. The molecule has 2 rings (SSSR count). The fraction of sp³-hybridized carbons (Fsp3) is 0.286. The zero-order chi connectivity index (χ0) is 15.2. The molecule has 1 aromatic heterocycles. The standard InChI is InChI=1S/C14H15N3O4/c1-3-20-14(19)10-4-6-11(7-5-10)16-13(18)8-12-15-9(2)21-17-12/h4-7H,3,8H2,1-2H3,(H,16,18). The van der Waals surface area contributed by atoms with Crippen LogP contribution >= 0.6 is 0 Å². The third-order valence-electron chi connectivity index (χ3n) is 2.57. The topological polar surface area (TPSA) is 94.3 Å². The molecule has 0 saturated carbocycles. The molecule has 0 aliphatic rings. The number of carbonyl (C=O) groups is 2. The zero-order valence-corrected chi connectivity index (χ0v) is 11.8. The number of nitrogens with zero attached hydrogens (tertiary/aromatic N) is 2. The summed E-state index contributed by atoms with van der Waals surface area (Å²) in [5.74, 6) is 0.0852. The van der Waals surface area contributed by atoms with Crippen LogP contribution in [-0.4, -0.2) is 28.6 Å². The maximum atomic E-state index is 11.8. The van der Waals surface area contributed by atoms with Crippen molar-refractivity contribution in [1.29, 1.82) is 0 Å². The van der Waals surface area contributed by atoms with Crippen molar-refractivity contribution >= 4 is 17.6 Å². The van der Waals surface area contributed by atoms with Crippen LogP contribution in [0.4, 0.5) is 5.69 Å². The van der Waals surface area contributed by atoms with E-state index in [1.165, 1.54) is 0 Å². The highest BCUT2D eigenvalue weighted by molar-refractivity contribution is 5.93. The van der Waals surface area contributed by atoms with Gasteiger partial charge in [0.05, 0.1) is 18.6 Å². The molecule has 0 spiro atoms. The molecule has 7 nitrogen and oxygen atoms in total. The van der Waals surface area contributed by atoms with Crippen LogP contribution in [0.25, 0.3) is 0 Å². The predicted octanol–water partition coefficient (Wildman–Crippen LogP) is 1.74. The minimum Gasteiger partial charge on any atom is -0.462 e. The highest BCUT2D eigenvalue weighted by Crippen LogP contribution is 2.11. The Hall–Kier alpha value is -2.70. The molecular weight excluding hydrogens is 274 g/mol. The van der Waals surface area contributed by atoms with E-state index in [9.17, 15) is 9.59 Å². The van der Waals surface area contributed by atoms with Crippen molar-refractivity contribution in [3.05, 3.63) is 41.5 Å². The summed E-state index contributed by atoms with van der Waals surface area (Å²) in [6.07, 6.45) is 0.0248. The largest absolute Gasteiger partial charge is 0.462 e. The number of esters is 1. The SMILES string of the molecule is CCOC(=O)c1ccc(NC(=O)Cc2noc(C)n2)cc1. The highest BCUT2D eigenvalue weighted by atomic mass is 16.5.